The lowest BCUT2D eigenvalue weighted by atomic mass is 9.99. The van der Waals surface area contributed by atoms with Crippen LogP contribution in [-0.2, 0) is 0 Å². The lowest BCUT2D eigenvalue weighted by Gasteiger charge is -2.26. The Kier molecular flexibility index (Phi) is 10.3. The largest absolute Gasteiger partial charge is 0.390 e. The zero-order valence-electron chi connectivity index (χ0n) is 24.0. The van der Waals surface area contributed by atoms with E-state index < -0.39 is 11.8 Å². The Hall–Kier alpha value is -5.36. The molecule has 43 heavy (non-hydrogen) atoms. The van der Waals surface area contributed by atoms with Gasteiger partial charge in [0, 0.05) is 43.6 Å². The van der Waals surface area contributed by atoms with Crippen molar-refractivity contribution in [3.05, 3.63) is 95.6 Å². The number of hydrogen-bond acceptors (Lipinski definition) is 7. The average molecular weight is 581 g/mol. The summed E-state index contributed by atoms with van der Waals surface area (Å²) in [4.78, 5) is 37.9. The summed E-state index contributed by atoms with van der Waals surface area (Å²) in [6.07, 6.45) is 8.04. The van der Waals surface area contributed by atoms with Gasteiger partial charge in [-0.05, 0) is 66.4 Å². The molecule has 12 heteroatoms. The van der Waals surface area contributed by atoms with Gasteiger partial charge >= 0.3 is 0 Å². The molecule has 1 aromatic heterocycles. The summed E-state index contributed by atoms with van der Waals surface area (Å²) in [5, 5.41) is 19.1. The van der Waals surface area contributed by atoms with Crippen LogP contribution in [0.4, 0.5) is 11.4 Å². The number of anilines is 2. The molecule has 2 aliphatic heterocycles. The van der Waals surface area contributed by atoms with E-state index in [1.807, 2.05) is 48.5 Å². The maximum Gasteiger partial charge on any atom is 0.274 e. The van der Waals surface area contributed by atoms with Crippen molar-refractivity contribution >= 4 is 46.6 Å². The van der Waals surface area contributed by atoms with Crippen molar-refractivity contribution in [3.63, 3.8) is 0 Å². The Bertz CT molecular complexity index is 1530. The van der Waals surface area contributed by atoms with E-state index in [0.29, 0.717) is 24.5 Å². The van der Waals surface area contributed by atoms with Crippen LogP contribution in [0, 0.1) is 10.8 Å². The highest BCUT2D eigenvalue weighted by molar-refractivity contribution is 6.07. The van der Waals surface area contributed by atoms with E-state index in [2.05, 4.69) is 50.4 Å². The molecule has 0 atom stereocenters. The minimum atomic E-state index is -0.436. The molecule has 3 aromatic rings. The molecule has 0 saturated carbocycles. The number of guanidine groups is 1. The molecule has 0 radical (unpaired) electrons. The topological polar surface area (TPSA) is 190 Å². The molecule has 0 aliphatic carbocycles. The number of aromatic nitrogens is 2. The molecule has 0 saturated heterocycles. The SMILES string of the molecule is CN1CC=C(c2ccc(NC(=O)c3cc(C(=O)Nc4ccc(C5=CCN(C(=N)N)CC5)cc4)ncn3)cc2)CC1.N=CN. The van der Waals surface area contributed by atoms with E-state index in [-0.39, 0.29) is 17.3 Å². The van der Waals surface area contributed by atoms with E-state index >= 15 is 0 Å². The van der Waals surface area contributed by atoms with Gasteiger partial charge in [0.2, 0.25) is 0 Å². The first-order valence-electron chi connectivity index (χ1n) is 13.8. The van der Waals surface area contributed by atoms with Crippen molar-refractivity contribution in [2.24, 2.45) is 11.5 Å². The fraction of sp³-hybridized carbons (Fsp3) is 0.226. The number of carbonyl (C=O) groups is 2. The number of benzene rings is 2. The van der Waals surface area contributed by atoms with Crippen LogP contribution >= 0.6 is 0 Å². The van der Waals surface area contributed by atoms with E-state index in [1.165, 1.54) is 23.5 Å². The zero-order valence-corrected chi connectivity index (χ0v) is 24.0. The minimum Gasteiger partial charge on any atom is -0.390 e. The van der Waals surface area contributed by atoms with Gasteiger partial charge in [-0.3, -0.25) is 20.4 Å². The predicted octanol–water partition coefficient (Wildman–Crippen LogP) is 3.23. The van der Waals surface area contributed by atoms with Gasteiger partial charge in [0.15, 0.2) is 5.96 Å². The molecule has 0 bridgehead atoms. The Balaban J connectivity index is 0.00000135. The van der Waals surface area contributed by atoms with Crippen molar-refractivity contribution in [3.8, 4) is 0 Å². The molecule has 3 heterocycles. The van der Waals surface area contributed by atoms with Gasteiger partial charge < -0.3 is 31.9 Å². The van der Waals surface area contributed by atoms with Crippen molar-refractivity contribution < 1.29 is 9.59 Å². The molecule has 0 unspecified atom stereocenters. The summed E-state index contributed by atoms with van der Waals surface area (Å²) in [5.74, 6) is -0.779. The molecule has 0 fully saturated rings. The third-order valence-electron chi connectivity index (χ3n) is 7.12. The van der Waals surface area contributed by atoms with Gasteiger partial charge in [0.05, 0.1) is 6.34 Å². The number of nitrogens with two attached hydrogens (primary N) is 2. The van der Waals surface area contributed by atoms with Crippen LogP contribution in [0.3, 0.4) is 0 Å². The van der Waals surface area contributed by atoms with Gasteiger partial charge in [0.1, 0.15) is 17.7 Å². The Morgan fingerprint density at radius 2 is 1.30 bits per heavy atom. The number of nitrogens with one attached hydrogen (secondary N) is 4. The average Bonchev–Trinajstić information content (AvgIpc) is 3.03. The Morgan fingerprint density at radius 3 is 1.70 bits per heavy atom. The Labute approximate surface area is 250 Å². The summed E-state index contributed by atoms with van der Waals surface area (Å²) in [7, 11) is 2.10. The maximum absolute atomic E-state index is 12.9. The second-order valence-electron chi connectivity index (χ2n) is 10.1. The molecule has 2 aliphatic rings. The maximum atomic E-state index is 12.9. The third kappa shape index (κ3) is 8.33. The number of rotatable bonds is 6. The monoisotopic (exact) mass is 580 g/mol. The van der Waals surface area contributed by atoms with E-state index in [9.17, 15) is 9.59 Å². The van der Waals surface area contributed by atoms with E-state index in [4.69, 9.17) is 16.6 Å². The second kappa shape index (κ2) is 14.5. The smallest absolute Gasteiger partial charge is 0.274 e. The van der Waals surface area contributed by atoms with Crippen LogP contribution in [0.2, 0.25) is 0 Å². The van der Waals surface area contributed by atoms with Crippen LogP contribution in [0.15, 0.2) is 73.1 Å². The van der Waals surface area contributed by atoms with Gasteiger partial charge in [-0.2, -0.15) is 0 Å². The molecule has 0 spiro atoms. The fourth-order valence-electron chi connectivity index (χ4n) is 4.71. The van der Waals surface area contributed by atoms with E-state index in [0.717, 1.165) is 43.4 Å². The molecule has 8 N–H and O–H groups in total. The predicted molar refractivity (Wildman–Crippen MR) is 170 cm³/mol. The molecule has 2 aromatic carbocycles. The highest BCUT2D eigenvalue weighted by atomic mass is 16.2. The molecule has 12 nitrogen and oxygen atoms in total. The van der Waals surface area contributed by atoms with E-state index in [1.54, 1.807) is 4.90 Å². The third-order valence-corrected chi connectivity index (χ3v) is 7.12. The van der Waals surface area contributed by atoms with Gasteiger partial charge in [0.25, 0.3) is 11.8 Å². The second-order valence-corrected chi connectivity index (χ2v) is 10.1. The van der Waals surface area contributed by atoms with Crippen LogP contribution in [-0.4, -0.2) is 77.1 Å². The van der Waals surface area contributed by atoms with Crippen molar-refractivity contribution in [2.75, 3.05) is 43.9 Å². The quantitative estimate of drug-likeness (QED) is 0.189. The molecule has 5 rings (SSSR count). The summed E-state index contributed by atoms with van der Waals surface area (Å²) in [6, 6.07) is 16.7. The number of amides is 2. The first-order chi connectivity index (χ1) is 20.8. The number of nitrogens with zero attached hydrogens (tertiary/aromatic N) is 4. The van der Waals surface area contributed by atoms with Crippen LogP contribution in [0.5, 0.6) is 0 Å². The lowest BCUT2D eigenvalue weighted by molar-refractivity contribution is 0.102. The summed E-state index contributed by atoms with van der Waals surface area (Å²) in [6.45, 7) is 3.27. The summed E-state index contributed by atoms with van der Waals surface area (Å²) in [5.41, 5.74) is 16.1. The first-order valence-corrected chi connectivity index (χ1v) is 13.8. The van der Waals surface area contributed by atoms with Crippen LogP contribution in [0.1, 0.15) is 44.9 Å². The van der Waals surface area contributed by atoms with Crippen LogP contribution in [0.25, 0.3) is 11.1 Å². The highest BCUT2D eigenvalue weighted by Gasteiger charge is 2.16. The van der Waals surface area contributed by atoms with Crippen molar-refractivity contribution in [1.29, 1.82) is 10.8 Å². The lowest BCUT2D eigenvalue weighted by Crippen LogP contribution is -2.39. The normalized spacial score (nSPS) is 14.8. The van der Waals surface area contributed by atoms with Crippen molar-refractivity contribution in [1.82, 2.24) is 19.8 Å². The highest BCUT2D eigenvalue weighted by Crippen LogP contribution is 2.25. The molecular weight excluding hydrogens is 544 g/mol. The van der Waals surface area contributed by atoms with Gasteiger partial charge in [-0.1, -0.05) is 36.4 Å². The molecular formula is C31H36N10O2. The minimum absolute atomic E-state index is 0.0776. The van der Waals surface area contributed by atoms with Crippen LogP contribution < -0.4 is 22.1 Å². The standard InChI is InChI=1S/C30H32N8O2.CH4N2/c1-37-14-10-22(11-15-37)20-2-6-24(7-3-20)35-28(39)26-18-27(34-19-33-26)29(40)36-25-8-4-21(5-9-25)23-12-16-38(17-13-23)30(31)32;2-1-3/h2-10,12,18-19H,11,13-17H2,1H3,(H3,31,32)(H,35,39)(H,36,40);1H,(H3,2,3). The zero-order chi connectivity index (χ0) is 30.8. The first kappa shape index (κ1) is 30.6. The number of likely N-dealkylation sites (N-methyl/N-ethyl adjacent to an activating group) is 1. The summed E-state index contributed by atoms with van der Waals surface area (Å²) >= 11 is 0. The molecule has 222 valence electrons. The fourth-order valence-corrected chi connectivity index (χ4v) is 4.71. The van der Waals surface area contributed by atoms with Crippen molar-refractivity contribution in [2.45, 2.75) is 12.8 Å². The van der Waals surface area contributed by atoms with Gasteiger partial charge in [-0.25, -0.2) is 9.97 Å². The Morgan fingerprint density at radius 1 is 0.837 bits per heavy atom. The number of carbonyl (C=O) groups excluding carboxylic acids is 2. The summed E-state index contributed by atoms with van der Waals surface area (Å²) < 4.78 is 0. The molecule has 2 amide bonds. The van der Waals surface area contributed by atoms with Gasteiger partial charge in [-0.15, -0.1) is 0 Å². The number of hydrogen-bond donors (Lipinski definition) is 6.